The third-order valence-electron chi connectivity index (χ3n) is 3.42. The van der Waals surface area contributed by atoms with Gasteiger partial charge in [0.15, 0.2) is 0 Å². The predicted octanol–water partition coefficient (Wildman–Crippen LogP) is 2.25. The van der Waals surface area contributed by atoms with Crippen molar-refractivity contribution in [3.8, 4) is 5.75 Å². The first-order chi connectivity index (χ1) is 8.04. The van der Waals surface area contributed by atoms with E-state index in [2.05, 4.69) is 20.8 Å². The van der Waals surface area contributed by atoms with Crippen molar-refractivity contribution in [1.29, 1.82) is 0 Å². The molecular formula is C12H16BrFN2O. The highest BCUT2D eigenvalue weighted by Gasteiger charge is 2.32. The van der Waals surface area contributed by atoms with Gasteiger partial charge in [-0.1, -0.05) is 6.07 Å². The molecule has 1 aromatic carbocycles. The van der Waals surface area contributed by atoms with Crippen LogP contribution in [-0.4, -0.2) is 30.1 Å². The normalized spacial score (nSPS) is 25.4. The van der Waals surface area contributed by atoms with E-state index in [1.54, 1.807) is 6.07 Å². The van der Waals surface area contributed by atoms with Crippen LogP contribution in [0.5, 0.6) is 5.75 Å². The minimum absolute atomic E-state index is 0.0421. The molecule has 2 rings (SSSR count). The zero-order valence-electron chi connectivity index (χ0n) is 9.66. The molecule has 0 aliphatic carbocycles. The van der Waals surface area contributed by atoms with E-state index < -0.39 is 0 Å². The monoisotopic (exact) mass is 302 g/mol. The van der Waals surface area contributed by atoms with E-state index >= 15 is 0 Å². The molecule has 0 spiro atoms. The lowest BCUT2D eigenvalue weighted by molar-refractivity contribution is 0.306. The highest BCUT2D eigenvalue weighted by Crippen LogP contribution is 2.38. The quantitative estimate of drug-likeness (QED) is 0.881. The van der Waals surface area contributed by atoms with Gasteiger partial charge in [-0.15, -0.1) is 0 Å². The summed E-state index contributed by atoms with van der Waals surface area (Å²) in [5.41, 5.74) is 6.28. The highest BCUT2D eigenvalue weighted by atomic mass is 79.9. The number of phenolic OH excluding ortho intramolecular Hbond substituents is 1. The number of nitrogens with two attached hydrogens (primary N) is 1. The van der Waals surface area contributed by atoms with Gasteiger partial charge in [0.1, 0.15) is 11.6 Å². The molecule has 3 nitrogen and oxygen atoms in total. The second-order valence-electron chi connectivity index (χ2n) is 4.59. The SMILES string of the molecule is CN1CC(CN)CC1c1ccc(O)c(Br)c1F. The third-order valence-corrected chi connectivity index (χ3v) is 4.17. The van der Waals surface area contributed by atoms with Gasteiger partial charge < -0.3 is 10.8 Å². The fraction of sp³-hybridized carbons (Fsp3) is 0.500. The summed E-state index contributed by atoms with van der Waals surface area (Å²) >= 11 is 3.06. The molecule has 1 fully saturated rings. The fourth-order valence-corrected chi connectivity index (χ4v) is 2.81. The summed E-state index contributed by atoms with van der Waals surface area (Å²) in [6, 6.07) is 3.21. The van der Waals surface area contributed by atoms with Crippen molar-refractivity contribution in [3.63, 3.8) is 0 Å². The largest absolute Gasteiger partial charge is 0.507 e. The molecule has 1 saturated heterocycles. The molecular weight excluding hydrogens is 287 g/mol. The highest BCUT2D eigenvalue weighted by molar-refractivity contribution is 9.10. The molecule has 0 aromatic heterocycles. The van der Waals surface area contributed by atoms with E-state index in [1.807, 2.05) is 7.05 Å². The fourth-order valence-electron chi connectivity index (χ4n) is 2.45. The molecule has 1 aliphatic heterocycles. The molecule has 0 bridgehead atoms. The van der Waals surface area contributed by atoms with Gasteiger partial charge >= 0.3 is 0 Å². The molecule has 5 heteroatoms. The van der Waals surface area contributed by atoms with Crippen LogP contribution in [0.2, 0.25) is 0 Å². The number of halogens is 2. The first kappa shape index (κ1) is 12.8. The Kier molecular flexibility index (Phi) is 3.70. The average molecular weight is 303 g/mol. The third kappa shape index (κ3) is 2.32. The summed E-state index contributed by atoms with van der Waals surface area (Å²) in [4.78, 5) is 2.11. The molecule has 2 unspecified atom stereocenters. The number of aromatic hydroxyl groups is 1. The Morgan fingerprint density at radius 3 is 2.88 bits per heavy atom. The van der Waals surface area contributed by atoms with Gasteiger partial charge in [0.2, 0.25) is 0 Å². The van der Waals surface area contributed by atoms with Crippen molar-refractivity contribution in [2.24, 2.45) is 11.7 Å². The Balaban J connectivity index is 2.32. The van der Waals surface area contributed by atoms with Crippen LogP contribution in [0, 0.1) is 11.7 Å². The molecule has 0 saturated carbocycles. The van der Waals surface area contributed by atoms with Crippen molar-refractivity contribution in [1.82, 2.24) is 4.90 Å². The number of benzene rings is 1. The smallest absolute Gasteiger partial charge is 0.145 e. The van der Waals surface area contributed by atoms with E-state index in [1.165, 1.54) is 6.07 Å². The maximum absolute atomic E-state index is 14.1. The van der Waals surface area contributed by atoms with Crippen molar-refractivity contribution in [2.45, 2.75) is 12.5 Å². The maximum atomic E-state index is 14.1. The summed E-state index contributed by atoms with van der Waals surface area (Å²) in [6.45, 7) is 1.51. The summed E-state index contributed by atoms with van der Waals surface area (Å²) < 4.78 is 14.2. The molecule has 94 valence electrons. The Bertz CT molecular complexity index is 427. The number of hydrogen-bond acceptors (Lipinski definition) is 3. The van der Waals surface area contributed by atoms with Crippen LogP contribution in [-0.2, 0) is 0 Å². The second kappa shape index (κ2) is 4.92. The molecule has 1 aromatic rings. The Hall–Kier alpha value is -0.650. The van der Waals surface area contributed by atoms with Gasteiger partial charge in [-0.3, -0.25) is 4.90 Å². The summed E-state index contributed by atoms with van der Waals surface area (Å²) in [6.07, 6.45) is 0.862. The Morgan fingerprint density at radius 2 is 2.29 bits per heavy atom. The van der Waals surface area contributed by atoms with E-state index in [0.717, 1.165) is 13.0 Å². The molecule has 0 amide bonds. The van der Waals surface area contributed by atoms with Gasteiger partial charge in [0.05, 0.1) is 4.47 Å². The number of nitrogens with zero attached hydrogens (tertiary/aromatic N) is 1. The molecule has 3 N–H and O–H groups in total. The maximum Gasteiger partial charge on any atom is 0.145 e. The predicted molar refractivity (Wildman–Crippen MR) is 68.3 cm³/mol. The first-order valence-electron chi connectivity index (χ1n) is 5.61. The van der Waals surface area contributed by atoms with Crippen LogP contribution in [0.25, 0.3) is 0 Å². The van der Waals surface area contributed by atoms with E-state index in [0.29, 0.717) is 18.0 Å². The Morgan fingerprint density at radius 1 is 1.59 bits per heavy atom. The lowest BCUT2D eigenvalue weighted by Crippen LogP contribution is -2.21. The minimum Gasteiger partial charge on any atom is -0.507 e. The first-order valence-corrected chi connectivity index (χ1v) is 6.41. The van der Waals surface area contributed by atoms with E-state index in [9.17, 15) is 9.50 Å². The van der Waals surface area contributed by atoms with Crippen LogP contribution < -0.4 is 5.73 Å². The number of rotatable bonds is 2. The summed E-state index contributed by atoms with van der Waals surface area (Å²) in [7, 11) is 1.97. The van der Waals surface area contributed by atoms with Gasteiger partial charge in [0, 0.05) is 18.2 Å². The lowest BCUT2D eigenvalue weighted by Gasteiger charge is -2.20. The molecule has 0 radical (unpaired) electrons. The number of hydrogen-bond donors (Lipinski definition) is 2. The van der Waals surface area contributed by atoms with Gasteiger partial charge in [-0.25, -0.2) is 4.39 Å². The van der Waals surface area contributed by atoms with E-state index in [4.69, 9.17) is 5.73 Å². The zero-order chi connectivity index (χ0) is 12.6. The topological polar surface area (TPSA) is 49.5 Å². The number of likely N-dealkylation sites (tertiary alicyclic amines) is 1. The van der Waals surface area contributed by atoms with Crippen LogP contribution in [0.4, 0.5) is 4.39 Å². The van der Waals surface area contributed by atoms with Gasteiger partial charge in [-0.2, -0.15) is 0 Å². The summed E-state index contributed by atoms with van der Waals surface area (Å²) in [5.74, 6) is -0.0289. The van der Waals surface area contributed by atoms with Crippen molar-refractivity contribution < 1.29 is 9.50 Å². The van der Waals surface area contributed by atoms with Crippen LogP contribution in [0.1, 0.15) is 18.0 Å². The second-order valence-corrected chi connectivity index (χ2v) is 5.39. The zero-order valence-corrected chi connectivity index (χ0v) is 11.2. The molecule has 1 aliphatic rings. The minimum atomic E-state index is -0.375. The Labute approximate surface area is 109 Å². The molecule has 17 heavy (non-hydrogen) atoms. The standard InChI is InChI=1S/C12H16BrFN2O/c1-16-6-7(5-15)4-9(16)8-2-3-10(17)11(13)12(8)14/h2-3,7,9,17H,4-6,15H2,1H3. The van der Waals surface area contributed by atoms with Crippen LogP contribution in [0.15, 0.2) is 16.6 Å². The number of phenols is 1. The van der Waals surface area contributed by atoms with Gasteiger partial charge in [0.25, 0.3) is 0 Å². The van der Waals surface area contributed by atoms with Crippen molar-refractivity contribution >= 4 is 15.9 Å². The summed E-state index contributed by atoms with van der Waals surface area (Å²) in [5, 5.41) is 9.41. The van der Waals surface area contributed by atoms with Crippen molar-refractivity contribution in [3.05, 3.63) is 28.0 Å². The van der Waals surface area contributed by atoms with Crippen LogP contribution in [0.3, 0.4) is 0 Å². The molecule has 1 heterocycles. The average Bonchev–Trinajstić information content (AvgIpc) is 2.68. The lowest BCUT2D eigenvalue weighted by atomic mass is 9.99. The van der Waals surface area contributed by atoms with E-state index in [-0.39, 0.29) is 22.1 Å². The van der Waals surface area contributed by atoms with Crippen molar-refractivity contribution in [2.75, 3.05) is 20.1 Å². The van der Waals surface area contributed by atoms with Crippen LogP contribution >= 0.6 is 15.9 Å². The van der Waals surface area contributed by atoms with Gasteiger partial charge in [-0.05, 0) is 47.9 Å². The molecule has 2 atom stereocenters.